The number of ether oxygens (including phenoxy) is 2. The second kappa shape index (κ2) is 9.01. The van der Waals surface area contributed by atoms with Crippen molar-refractivity contribution in [2.75, 3.05) is 33.9 Å². The van der Waals surface area contributed by atoms with Gasteiger partial charge in [0.2, 0.25) is 0 Å². The maximum absolute atomic E-state index is 5.02. The average molecular weight is 199 g/mol. The molecule has 0 spiro atoms. The highest BCUT2D eigenvalue weighted by Crippen LogP contribution is 1.95. The molecule has 3 heteroatoms. The van der Waals surface area contributed by atoms with Crippen LogP contribution in [0.2, 0.25) is 0 Å². The summed E-state index contributed by atoms with van der Waals surface area (Å²) < 4.78 is 10.0. The summed E-state index contributed by atoms with van der Waals surface area (Å²) in [6.45, 7) is 7.19. The summed E-state index contributed by atoms with van der Waals surface area (Å²) in [5.74, 6) is 6.15. The van der Waals surface area contributed by atoms with Crippen LogP contribution < -0.4 is 0 Å². The highest BCUT2D eigenvalue weighted by atomic mass is 16.7. The van der Waals surface area contributed by atoms with Crippen LogP contribution in [0.3, 0.4) is 0 Å². The minimum Gasteiger partial charge on any atom is -0.355 e. The Morgan fingerprint density at radius 2 is 1.64 bits per heavy atom. The monoisotopic (exact) mass is 199 g/mol. The van der Waals surface area contributed by atoms with Crippen molar-refractivity contribution in [2.45, 2.75) is 26.6 Å². The lowest BCUT2D eigenvalue weighted by Crippen LogP contribution is -2.23. The summed E-state index contributed by atoms with van der Waals surface area (Å²) in [6, 6.07) is 0. The highest BCUT2D eigenvalue weighted by Gasteiger charge is 2.00. The number of rotatable bonds is 6. The van der Waals surface area contributed by atoms with Gasteiger partial charge in [0.05, 0.1) is 13.0 Å². The van der Waals surface area contributed by atoms with Gasteiger partial charge in [0, 0.05) is 14.2 Å². The van der Waals surface area contributed by atoms with Gasteiger partial charge in [0.15, 0.2) is 6.29 Å². The number of methoxy groups -OCH3 is 2. The van der Waals surface area contributed by atoms with E-state index in [9.17, 15) is 0 Å². The van der Waals surface area contributed by atoms with E-state index in [1.54, 1.807) is 14.2 Å². The first kappa shape index (κ1) is 13.4. The Labute approximate surface area is 87.4 Å². The molecule has 0 fully saturated rings. The molecule has 0 aromatic carbocycles. The molecule has 0 aliphatic rings. The van der Waals surface area contributed by atoms with Gasteiger partial charge in [-0.05, 0) is 13.1 Å². The molecule has 0 rings (SSSR count). The van der Waals surface area contributed by atoms with E-state index in [0.717, 1.165) is 19.6 Å². The van der Waals surface area contributed by atoms with Crippen LogP contribution >= 0.6 is 0 Å². The van der Waals surface area contributed by atoms with E-state index in [-0.39, 0.29) is 6.29 Å². The van der Waals surface area contributed by atoms with Gasteiger partial charge >= 0.3 is 0 Å². The van der Waals surface area contributed by atoms with Gasteiger partial charge in [-0.3, -0.25) is 4.90 Å². The van der Waals surface area contributed by atoms with Crippen molar-refractivity contribution in [3.63, 3.8) is 0 Å². The van der Waals surface area contributed by atoms with Crippen molar-refractivity contribution in [3.8, 4) is 11.8 Å². The topological polar surface area (TPSA) is 21.7 Å². The van der Waals surface area contributed by atoms with Crippen LogP contribution in [-0.4, -0.2) is 45.0 Å². The van der Waals surface area contributed by atoms with Gasteiger partial charge in [0.25, 0.3) is 0 Å². The molecule has 0 bridgehead atoms. The standard InChI is InChI=1S/C11H21NO2/c1-5-12(6-2)10-8-7-9-11(13-3)14-4/h11H,5-6,9-10H2,1-4H3. The molecule has 14 heavy (non-hydrogen) atoms. The zero-order valence-corrected chi connectivity index (χ0v) is 9.67. The van der Waals surface area contributed by atoms with E-state index >= 15 is 0 Å². The van der Waals surface area contributed by atoms with E-state index in [1.165, 1.54) is 0 Å². The lowest BCUT2D eigenvalue weighted by molar-refractivity contribution is -0.0972. The molecule has 0 unspecified atom stereocenters. The number of hydrogen-bond acceptors (Lipinski definition) is 3. The maximum Gasteiger partial charge on any atom is 0.167 e. The Bertz CT molecular complexity index is 157. The third-order valence-corrected chi connectivity index (χ3v) is 2.12. The zero-order valence-electron chi connectivity index (χ0n) is 9.67. The number of nitrogens with zero attached hydrogens (tertiary/aromatic N) is 1. The van der Waals surface area contributed by atoms with Crippen LogP contribution in [0.5, 0.6) is 0 Å². The third kappa shape index (κ3) is 5.98. The van der Waals surface area contributed by atoms with E-state index in [2.05, 4.69) is 30.6 Å². The molecular weight excluding hydrogens is 178 g/mol. The van der Waals surface area contributed by atoms with Gasteiger partial charge in [-0.25, -0.2) is 0 Å². The molecule has 0 aromatic heterocycles. The Balaban J connectivity index is 3.70. The van der Waals surface area contributed by atoms with Crippen molar-refractivity contribution in [2.24, 2.45) is 0 Å². The van der Waals surface area contributed by atoms with Gasteiger partial charge in [-0.15, -0.1) is 0 Å². The van der Waals surface area contributed by atoms with Gasteiger partial charge < -0.3 is 9.47 Å². The maximum atomic E-state index is 5.02. The Hall–Kier alpha value is -0.560. The fourth-order valence-electron chi connectivity index (χ4n) is 1.03. The lowest BCUT2D eigenvalue weighted by atomic mass is 10.4. The van der Waals surface area contributed by atoms with Crippen LogP contribution in [0, 0.1) is 11.8 Å². The van der Waals surface area contributed by atoms with E-state index in [0.29, 0.717) is 6.42 Å². The molecule has 0 aromatic rings. The molecule has 0 aliphatic carbocycles. The van der Waals surface area contributed by atoms with Crippen LogP contribution in [0.25, 0.3) is 0 Å². The van der Waals surface area contributed by atoms with Crippen molar-refractivity contribution >= 4 is 0 Å². The van der Waals surface area contributed by atoms with Crippen molar-refractivity contribution in [3.05, 3.63) is 0 Å². The normalized spacial score (nSPS) is 10.4. The molecule has 0 N–H and O–H groups in total. The van der Waals surface area contributed by atoms with Gasteiger partial charge in [-0.1, -0.05) is 25.7 Å². The van der Waals surface area contributed by atoms with E-state index in [4.69, 9.17) is 9.47 Å². The summed E-state index contributed by atoms with van der Waals surface area (Å²) in [4.78, 5) is 2.27. The molecule has 82 valence electrons. The molecule has 0 saturated heterocycles. The fraction of sp³-hybridized carbons (Fsp3) is 0.818. The molecule has 3 nitrogen and oxygen atoms in total. The first-order chi connectivity index (χ1) is 6.78. The lowest BCUT2D eigenvalue weighted by Gasteiger charge is -2.13. The van der Waals surface area contributed by atoms with Crippen LogP contribution in [0.1, 0.15) is 20.3 Å². The molecular formula is C11H21NO2. The molecule has 0 radical (unpaired) electrons. The van der Waals surface area contributed by atoms with Crippen LogP contribution in [0.15, 0.2) is 0 Å². The zero-order chi connectivity index (χ0) is 10.8. The van der Waals surface area contributed by atoms with Gasteiger partial charge in [-0.2, -0.15) is 0 Å². The summed E-state index contributed by atoms with van der Waals surface area (Å²) >= 11 is 0. The highest BCUT2D eigenvalue weighted by molar-refractivity contribution is 5.01. The second-order valence-corrected chi connectivity index (χ2v) is 2.92. The third-order valence-electron chi connectivity index (χ3n) is 2.12. The van der Waals surface area contributed by atoms with Crippen LogP contribution in [0.4, 0.5) is 0 Å². The first-order valence-corrected chi connectivity index (χ1v) is 5.02. The van der Waals surface area contributed by atoms with Crippen molar-refractivity contribution < 1.29 is 9.47 Å². The summed E-state index contributed by atoms with van der Waals surface area (Å²) in [7, 11) is 3.25. The Morgan fingerprint density at radius 3 is 2.07 bits per heavy atom. The Kier molecular flexibility index (Phi) is 8.65. The first-order valence-electron chi connectivity index (χ1n) is 5.02. The fourth-order valence-corrected chi connectivity index (χ4v) is 1.03. The smallest absolute Gasteiger partial charge is 0.167 e. The van der Waals surface area contributed by atoms with Crippen LogP contribution in [-0.2, 0) is 9.47 Å². The van der Waals surface area contributed by atoms with E-state index < -0.39 is 0 Å². The minimum atomic E-state index is -0.195. The predicted molar refractivity (Wildman–Crippen MR) is 58.0 cm³/mol. The van der Waals surface area contributed by atoms with Gasteiger partial charge in [0.1, 0.15) is 0 Å². The summed E-state index contributed by atoms with van der Waals surface area (Å²) in [5, 5.41) is 0. The van der Waals surface area contributed by atoms with Crippen molar-refractivity contribution in [1.82, 2.24) is 4.90 Å². The SMILES string of the molecule is CCN(CC)CC#CCC(OC)OC. The van der Waals surface area contributed by atoms with Crippen molar-refractivity contribution in [1.29, 1.82) is 0 Å². The average Bonchev–Trinajstić information content (AvgIpc) is 2.24. The quantitative estimate of drug-likeness (QED) is 0.476. The minimum absolute atomic E-state index is 0.195. The molecule has 0 amide bonds. The molecule has 0 heterocycles. The molecule has 0 saturated carbocycles. The summed E-state index contributed by atoms with van der Waals surface area (Å²) in [5.41, 5.74) is 0. The Morgan fingerprint density at radius 1 is 1.07 bits per heavy atom. The second-order valence-electron chi connectivity index (χ2n) is 2.92. The summed E-state index contributed by atoms with van der Waals surface area (Å²) in [6.07, 6.45) is 0.438. The molecule has 0 atom stereocenters. The predicted octanol–water partition coefficient (Wildman–Crippen LogP) is 1.34. The molecule has 0 aliphatic heterocycles. The number of hydrogen-bond donors (Lipinski definition) is 0. The largest absolute Gasteiger partial charge is 0.355 e. The van der Waals surface area contributed by atoms with E-state index in [1.807, 2.05) is 0 Å².